The van der Waals surface area contributed by atoms with Crippen LogP contribution in [0.2, 0.25) is 0 Å². The van der Waals surface area contributed by atoms with Gasteiger partial charge in [0, 0.05) is 6.04 Å². The van der Waals surface area contributed by atoms with Crippen LogP contribution in [0.4, 0.5) is 5.82 Å². The molecule has 1 aliphatic carbocycles. The molecule has 138 valence electrons. The molecule has 4 rings (SSSR count). The SMILES string of the molecule is C#C[C@H]1OC(n2cnc3c(NC4CCC(O)CC4)ncnc32)C(O)[C@@H]1O. The Morgan fingerprint density at radius 1 is 1.12 bits per heavy atom. The zero-order chi connectivity index (χ0) is 18.3. The molecule has 4 N–H and O–H groups in total. The number of aliphatic hydroxyl groups excluding tert-OH is 3. The number of anilines is 1. The highest BCUT2D eigenvalue weighted by molar-refractivity contribution is 5.82. The fraction of sp³-hybridized carbons (Fsp3) is 0.588. The summed E-state index contributed by atoms with van der Waals surface area (Å²) in [5.41, 5.74) is 1.03. The van der Waals surface area contributed by atoms with Gasteiger partial charge in [-0.05, 0) is 25.7 Å². The molecule has 3 heterocycles. The predicted octanol–water partition coefficient (Wildman–Crippen LogP) is -0.206. The van der Waals surface area contributed by atoms with Gasteiger partial charge in [0.15, 0.2) is 23.2 Å². The lowest BCUT2D eigenvalue weighted by Gasteiger charge is -2.26. The second kappa shape index (κ2) is 6.81. The normalized spacial score (nSPS) is 34.7. The standard InChI is InChI=1S/C17H21N5O4/c1-2-11-13(24)14(25)17(26-11)22-8-20-12-15(18-7-19-16(12)22)21-9-3-5-10(23)6-4-9/h1,7-11,13-14,17,23-25H,3-6H2,(H,18,19,21)/t9?,10?,11-,13-,14?,17?/m1/s1. The Labute approximate surface area is 150 Å². The number of hydrogen-bond acceptors (Lipinski definition) is 8. The number of aliphatic hydroxyl groups is 3. The highest BCUT2D eigenvalue weighted by Gasteiger charge is 2.43. The van der Waals surface area contributed by atoms with E-state index in [2.05, 4.69) is 26.2 Å². The van der Waals surface area contributed by atoms with Crippen molar-refractivity contribution in [3.63, 3.8) is 0 Å². The highest BCUT2D eigenvalue weighted by atomic mass is 16.6. The molecule has 2 aromatic rings. The smallest absolute Gasteiger partial charge is 0.167 e. The van der Waals surface area contributed by atoms with Gasteiger partial charge < -0.3 is 25.4 Å². The van der Waals surface area contributed by atoms with Gasteiger partial charge in [0.25, 0.3) is 0 Å². The van der Waals surface area contributed by atoms with Crippen molar-refractivity contribution in [2.24, 2.45) is 0 Å². The van der Waals surface area contributed by atoms with Gasteiger partial charge in [-0.3, -0.25) is 4.57 Å². The molecule has 2 aromatic heterocycles. The van der Waals surface area contributed by atoms with E-state index in [1.165, 1.54) is 12.7 Å². The molecular weight excluding hydrogens is 338 g/mol. The molecule has 0 amide bonds. The number of nitrogens with one attached hydrogen (secondary N) is 1. The van der Waals surface area contributed by atoms with E-state index in [4.69, 9.17) is 11.2 Å². The minimum absolute atomic E-state index is 0.211. The molecule has 1 saturated heterocycles. The van der Waals surface area contributed by atoms with Crippen molar-refractivity contribution in [3.8, 4) is 12.3 Å². The number of ether oxygens (including phenoxy) is 1. The molecule has 9 nitrogen and oxygen atoms in total. The highest BCUT2D eigenvalue weighted by Crippen LogP contribution is 2.32. The van der Waals surface area contributed by atoms with Crippen LogP contribution in [0.3, 0.4) is 0 Å². The van der Waals surface area contributed by atoms with E-state index in [-0.39, 0.29) is 12.1 Å². The number of fused-ring (bicyclic) bond motifs is 1. The van der Waals surface area contributed by atoms with Crippen LogP contribution in [0.15, 0.2) is 12.7 Å². The number of nitrogens with zero attached hydrogens (tertiary/aromatic N) is 4. The Bertz CT molecular complexity index is 826. The molecule has 2 unspecified atom stereocenters. The van der Waals surface area contributed by atoms with Crippen LogP contribution in [0.25, 0.3) is 11.2 Å². The maximum Gasteiger partial charge on any atom is 0.167 e. The molecule has 26 heavy (non-hydrogen) atoms. The van der Waals surface area contributed by atoms with Crippen molar-refractivity contribution >= 4 is 17.0 Å². The van der Waals surface area contributed by atoms with Gasteiger partial charge in [0.05, 0.1) is 12.4 Å². The van der Waals surface area contributed by atoms with Crippen molar-refractivity contribution in [1.29, 1.82) is 0 Å². The molecule has 9 heteroatoms. The Hall–Kier alpha value is -2.25. The lowest BCUT2D eigenvalue weighted by Crippen LogP contribution is -2.30. The van der Waals surface area contributed by atoms with Gasteiger partial charge >= 0.3 is 0 Å². The Balaban J connectivity index is 1.61. The summed E-state index contributed by atoms with van der Waals surface area (Å²) >= 11 is 0. The lowest BCUT2D eigenvalue weighted by atomic mass is 9.93. The molecule has 1 saturated carbocycles. The first-order valence-corrected chi connectivity index (χ1v) is 8.68. The fourth-order valence-corrected chi connectivity index (χ4v) is 3.58. The molecule has 0 spiro atoms. The quantitative estimate of drug-likeness (QED) is 0.555. The van der Waals surface area contributed by atoms with Gasteiger partial charge in [-0.1, -0.05) is 5.92 Å². The molecule has 0 aromatic carbocycles. The number of rotatable bonds is 3. The first-order chi connectivity index (χ1) is 12.6. The zero-order valence-electron chi connectivity index (χ0n) is 14.1. The molecule has 1 aliphatic heterocycles. The Morgan fingerprint density at radius 3 is 2.58 bits per heavy atom. The van der Waals surface area contributed by atoms with Crippen LogP contribution in [0.1, 0.15) is 31.9 Å². The van der Waals surface area contributed by atoms with E-state index in [1.807, 2.05) is 0 Å². The summed E-state index contributed by atoms with van der Waals surface area (Å²) in [6.45, 7) is 0. The van der Waals surface area contributed by atoms with Crippen molar-refractivity contribution in [2.75, 3.05) is 5.32 Å². The van der Waals surface area contributed by atoms with Crippen molar-refractivity contribution in [2.45, 2.75) is 62.4 Å². The molecular formula is C17H21N5O4. The van der Waals surface area contributed by atoms with Crippen LogP contribution < -0.4 is 5.32 Å². The van der Waals surface area contributed by atoms with E-state index in [0.717, 1.165) is 25.7 Å². The largest absolute Gasteiger partial charge is 0.393 e. The maximum absolute atomic E-state index is 10.2. The van der Waals surface area contributed by atoms with Crippen LogP contribution in [-0.4, -0.2) is 65.3 Å². The summed E-state index contributed by atoms with van der Waals surface area (Å²) in [5, 5.41) is 33.2. The first-order valence-electron chi connectivity index (χ1n) is 8.68. The van der Waals surface area contributed by atoms with Crippen LogP contribution in [0, 0.1) is 12.3 Å². The Morgan fingerprint density at radius 2 is 1.88 bits per heavy atom. The number of imidazole rings is 1. The summed E-state index contributed by atoms with van der Waals surface area (Å²) in [6.07, 6.45) is 7.12. The molecule has 0 radical (unpaired) electrons. The van der Waals surface area contributed by atoms with E-state index in [9.17, 15) is 15.3 Å². The average Bonchev–Trinajstić information content (AvgIpc) is 3.19. The zero-order valence-corrected chi connectivity index (χ0v) is 14.1. The van der Waals surface area contributed by atoms with Gasteiger partial charge in [0.1, 0.15) is 24.6 Å². The van der Waals surface area contributed by atoms with E-state index < -0.39 is 24.5 Å². The minimum atomic E-state index is -1.18. The predicted molar refractivity (Wildman–Crippen MR) is 92.0 cm³/mol. The fourth-order valence-electron chi connectivity index (χ4n) is 3.58. The van der Waals surface area contributed by atoms with E-state index in [1.54, 1.807) is 4.57 Å². The van der Waals surface area contributed by atoms with Crippen LogP contribution in [-0.2, 0) is 4.74 Å². The third kappa shape index (κ3) is 2.91. The molecule has 0 bridgehead atoms. The summed E-state index contributed by atoms with van der Waals surface area (Å²) in [5.74, 6) is 2.92. The summed E-state index contributed by atoms with van der Waals surface area (Å²) in [4.78, 5) is 12.9. The molecule has 4 atom stereocenters. The van der Waals surface area contributed by atoms with Gasteiger partial charge in [0.2, 0.25) is 0 Å². The summed E-state index contributed by atoms with van der Waals surface area (Å²) in [7, 11) is 0. The van der Waals surface area contributed by atoms with Crippen LogP contribution in [0.5, 0.6) is 0 Å². The third-order valence-electron chi connectivity index (χ3n) is 5.07. The third-order valence-corrected chi connectivity index (χ3v) is 5.07. The van der Waals surface area contributed by atoms with Gasteiger partial charge in [-0.2, -0.15) is 0 Å². The van der Waals surface area contributed by atoms with Crippen LogP contribution >= 0.6 is 0 Å². The van der Waals surface area contributed by atoms with E-state index >= 15 is 0 Å². The number of terminal acetylenes is 1. The average molecular weight is 359 g/mol. The van der Waals surface area contributed by atoms with Gasteiger partial charge in [-0.15, -0.1) is 6.42 Å². The van der Waals surface area contributed by atoms with Crippen molar-refractivity contribution in [1.82, 2.24) is 19.5 Å². The molecule has 2 aliphatic rings. The first kappa shape index (κ1) is 17.2. The number of aromatic nitrogens is 4. The van der Waals surface area contributed by atoms with Gasteiger partial charge in [-0.25, -0.2) is 15.0 Å². The van der Waals surface area contributed by atoms with Crippen molar-refractivity contribution < 1.29 is 20.1 Å². The second-order valence-corrected chi connectivity index (χ2v) is 6.79. The summed E-state index contributed by atoms with van der Waals surface area (Å²) in [6, 6.07) is 0.211. The van der Waals surface area contributed by atoms with E-state index in [0.29, 0.717) is 17.0 Å². The second-order valence-electron chi connectivity index (χ2n) is 6.79. The van der Waals surface area contributed by atoms with Crippen molar-refractivity contribution in [3.05, 3.63) is 12.7 Å². The number of hydrogen-bond donors (Lipinski definition) is 4. The molecule has 2 fully saturated rings. The minimum Gasteiger partial charge on any atom is -0.393 e. The topological polar surface area (TPSA) is 126 Å². The summed E-state index contributed by atoms with van der Waals surface area (Å²) < 4.78 is 7.12. The Kier molecular flexibility index (Phi) is 4.50. The monoisotopic (exact) mass is 359 g/mol. The maximum atomic E-state index is 10.2. The lowest BCUT2D eigenvalue weighted by molar-refractivity contribution is -0.0230.